The van der Waals surface area contributed by atoms with Crippen LogP contribution in [0.5, 0.6) is 5.75 Å². The van der Waals surface area contributed by atoms with Gasteiger partial charge in [0.15, 0.2) is 0 Å². The van der Waals surface area contributed by atoms with Gasteiger partial charge in [-0.3, -0.25) is 0 Å². The van der Waals surface area contributed by atoms with Gasteiger partial charge in [-0.05, 0) is 31.7 Å². The van der Waals surface area contributed by atoms with E-state index in [1.807, 2.05) is 13.0 Å². The van der Waals surface area contributed by atoms with Crippen molar-refractivity contribution in [3.8, 4) is 5.75 Å². The molecule has 0 amide bonds. The molecular formula is C16H25NO. The van der Waals surface area contributed by atoms with Gasteiger partial charge in [0.25, 0.3) is 0 Å². The first kappa shape index (κ1) is 13.4. The van der Waals surface area contributed by atoms with E-state index in [1.54, 1.807) is 0 Å². The smallest absolute Gasteiger partial charge is 0.123 e. The van der Waals surface area contributed by atoms with Crippen LogP contribution in [0.4, 0.5) is 0 Å². The Morgan fingerprint density at radius 3 is 2.72 bits per heavy atom. The van der Waals surface area contributed by atoms with Crippen LogP contribution in [0, 0.1) is 5.92 Å². The van der Waals surface area contributed by atoms with Gasteiger partial charge in [-0.15, -0.1) is 0 Å². The molecule has 18 heavy (non-hydrogen) atoms. The lowest BCUT2D eigenvalue weighted by molar-refractivity contribution is 0.333. The molecule has 0 aromatic heterocycles. The molecule has 1 aromatic carbocycles. The van der Waals surface area contributed by atoms with Crippen LogP contribution in [0.2, 0.25) is 0 Å². The Labute approximate surface area is 111 Å². The molecule has 2 rings (SSSR count). The predicted molar refractivity (Wildman–Crippen MR) is 75.9 cm³/mol. The van der Waals surface area contributed by atoms with Gasteiger partial charge in [-0.25, -0.2) is 0 Å². The standard InChI is InChI=1S/C16H25NO/c1-3-15(11-13-9-10-13)17-12-14-7-5-6-8-16(14)18-4-2/h5-8,13,15,17H,3-4,9-12H2,1-2H3. The van der Waals surface area contributed by atoms with Gasteiger partial charge in [-0.1, -0.05) is 38.0 Å². The molecule has 1 atom stereocenters. The number of hydrogen-bond acceptors (Lipinski definition) is 2. The summed E-state index contributed by atoms with van der Waals surface area (Å²) < 4.78 is 5.66. The minimum absolute atomic E-state index is 0.659. The average Bonchev–Trinajstić information content (AvgIpc) is 3.20. The zero-order valence-corrected chi connectivity index (χ0v) is 11.6. The fourth-order valence-electron chi connectivity index (χ4n) is 2.35. The van der Waals surface area contributed by atoms with Crippen molar-refractivity contribution in [3.05, 3.63) is 29.8 Å². The minimum atomic E-state index is 0.659. The van der Waals surface area contributed by atoms with Crippen molar-refractivity contribution in [1.82, 2.24) is 5.32 Å². The fourth-order valence-corrected chi connectivity index (χ4v) is 2.35. The van der Waals surface area contributed by atoms with Crippen LogP contribution in [0.3, 0.4) is 0 Å². The Balaban J connectivity index is 1.87. The van der Waals surface area contributed by atoms with Crippen molar-refractivity contribution >= 4 is 0 Å². The van der Waals surface area contributed by atoms with E-state index < -0.39 is 0 Å². The summed E-state index contributed by atoms with van der Waals surface area (Å²) in [4.78, 5) is 0. The summed E-state index contributed by atoms with van der Waals surface area (Å²) >= 11 is 0. The molecule has 1 aromatic rings. The summed E-state index contributed by atoms with van der Waals surface area (Å²) in [5, 5.41) is 3.68. The molecule has 0 radical (unpaired) electrons. The fraction of sp³-hybridized carbons (Fsp3) is 0.625. The molecule has 0 saturated heterocycles. The average molecular weight is 247 g/mol. The molecule has 1 saturated carbocycles. The number of ether oxygens (including phenoxy) is 1. The van der Waals surface area contributed by atoms with Gasteiger partial charge >= 0.3 is 0 Å². The van der Waals surface area contributed by atoms with E-state index in [0.29, 0.717) is 6.04 Å². The molecule has 1 aliphatic carbocycles. The first-order valence-electron chi connectivity index (χ1n) is 7.27. The van der Waals surface area contributed by atoms with Crippen molar-refractivity contribution in [2.45, 2.75) is 52.1 Å². The first-order chi connectivity index (χ1) is 8.83. The summed E-state index contributed by atoms with van der Waals surface area (Å²) in [5.41, 5.74) is 1.27. The lowest BCUT2D eigenvalue weighted by Crippen LogP contribution is -2.28. The summed E-state index contributed by atoms with van der Waals surface area (Å²) in [5.74, 6) is 2.01. The number of rotatable bonds is 8. The Morgan fingerprint density at radius 1 is 1.28 bits per heavy atom. The Kier molecular flexibility index (Phi) is 5.06. The zero-order chi connectivity index (χ0) is 12.8. The lowest BCUT2D eigenvalue weighted by Gasteiger charge is -2.18. The lowest BCUT2D eigenvalue weighted by atomic mass is 10.1. The number of para-hydroxylation sites is 1. The Bertz CT molecular complexity index is 360. The van der Waals surface area contributed by atoms with Crippen LogP contribution in [-0.4, -0.2) is 12.6 Å². The number of hydrogen-bond donors (Lipinski definition) is 1. The molecule has 2 heteroatoms. The first-order valence-corrected chi connectivity index (χ1v) is 7.27. The van der Waals surface area contributed by atoms with E-state index in [2.05, 4.69) is 30.4 Å². The van der Waals surface area contributed by atoms with E-state index in [0.717, 1.165) is 24.8 Å². The highest BCUT2D eigenvalue weighted by molar-refractivity contribution is 5.33. The van der Waals surface area contributed by atoms with E-state index in [9.17, 15) is 0 Å². The molecule has 0 bridgehead atoms. The van der Waals surface area contributed by atoms with Crippen molar-refractivity contribution < 1.29 is 4.74 Å². The zero-order valence-electron chi connectivity index (χ0n) is 11.6. The summed E-state index contributed by atoms with van der Waals surface area (Å²) in [7, 11) is 0. The van der Waals surface area contributed by atoms with E-state index >= 15 is 0 Å². The third-order valence-corrected chi connectivity index (χ3v) is 3.66. The maximum atomic E-state index is 5.66. The SMILES string of the molecule is CCOc1ccccc1CNC(CC)CC1CC1. The maximum Gasteiger partial charge on any atom is 0.123 e. The van der Waals surface area contributed by atoms with Gasteiger partial charge in [-0.2, -0.15) is 0 Å². The van der Waals surface area contributed by atoms with Crippen LogP contribution in [-0.2, 0) is 6.54 Å². The normalized spacial score (nSPS) is 16.6. The number of nitrogens with one attached hydrogen (secondary N) is 1. The Morgan fingerprint density at radius 2 is 2.06 bits per heavy atom. The molecular weight excluding hydrogens is 222 g/mol. The van der Waals surface area contributed by atoms with E-state index in [4.69, 9.17) is 4.74 Å². The molecule has 0 heterocycles. The summed E-state index contributed by atoms with van der Waals surface area (Å²) in [6.45, 7) is 5.96. The molecule has 1 aliphatic rings. The highest BCUT2D eigenvalue weighted by atomic mass is 16.5. The summed E-state index contributed by atoms with van der Waals surface area (Å²) in [6.07, 6.45) is 5.43. The Hall–Kier alpha value is -1.02. The maximum absolute atomic E-state index is 5.66. The third kappa shape index (κ3) is 4.02. The second kappa shape index (κ2) is 6.79. The van der Waals surface area contributed by atoms with Crippen LogP contribution in [0.15, 0.2) is 24.3 Å². The largest absolute Gasteiger partial charge is 0.494 e. The minimum Gasteiger partial charge on any atom is -0.494 e. The molecule has 0 aliphatic heterocycles. The van der Waals surface area contributed by atoms with Gasteiger partial charge in [0, 0.05) is 18.2 Å². The summed E-state index contributed by atoms with van der Waals surface area (Å²) in [6, 6.07) is 8.99. The van der Waals surface area contributed by atoms with Gasteiger partial charge in [0.05, 0.1) is 6.61 Å². The van der Waals surface area contributed by atoms with Crippen molar-refractivity contribution in [1.29, 1.82) is 0 Å². The molecule has 100 valence electrons. The van der Waals surface area contributed by atoms with Crippen LogP contribution in [0.25, 0.3) is 0 Å². The monoisotopic (exact) mass is 247 g/mol. The second-order valence-electron chi connectivity index (χ2n) is 5.21. The predicted octanol–water partition coefficient (Wildman–Crippen LogP) is 3.75. The van der Waals surface area contributed by atoms with E-state index in [-0.39, 0.29) is 0 Å². The molecule has 1 fully saturated rings. The molecule has 1 N–H and O–H groups in total. The molecule has 0 spiro atoms. The van der Waals surface area contributed by atoms with Crippen molar-refractivity contribution in [2.24, 2.45) is 5.92 Å². The number of benzene rings is 1. The van der Waals surface area contributed by atoms with Crippen molar-refractivity contribution in [2.75, 3.05) is 6.61 Å². The highest BCUT2D eigenvalue weighted by Crippen LogP contribution is 2.34. The van der Waals surface area contributed by atoms with Gasteiger partial charge < -0.3 is 10.1 Å². The van der Waals surface area contributed by atoms with E-state index in [1.165, 1.54) is 31.2 Å². The second-order valence-corrected chi connectivity index (χ2v) is 5.21. The topological polar surface area (TPSA) is 21.3 Å². The van der Waals surface area contributed by atoms with Crippen LogP contribution < -0.4 is 10.1 Å². The van der Waals surface area contributed by atoms with Crippen LogP contribution in [0.1, 0.15) is 45.1 Å². The van der Waals surface area contributed by atoms with Gasteiger partial charge in [0.2, 0.25) is 0 Å². The van der Waals surface area contributed by atoms with Gasteiger partial charge in [0.1, 0.15) is 5.75 Å². The molecule has 2 nitrogen and oxygen atoms in total. The quantitative estimate of drug-likeness (QED) is 0.755. The third-order valence-electron chi connectivity index (χ3n) is 3.66. The highest BCUT2D eigenvalue weighted by Gasteiger charge is 2.24. The van der Waals surface area contributed by atoms with Crippen molar-refractivity contribution in [3.63, 3.8) is 0 Å². The molecule has 1 unspecified atom stereocenters. The van der Waals surface area contributed by atoms with Crippen LogP contribution >= 0.6 is 0 Å².